The predicted octanol–water partition coefficient (Wildman–Crippen LogP) is 2.28. The molecule has 2 aliphatic rings. The first-order chi connectivity index (χ1) is 13.0. The van der Waals surface area contributed by atoms with Crippen molar-refractivity contribution in [2.24, 2.45) is 0 Å². The van der Waals surface area contributed by atoms with E-state index < -0.39 is 0 Å². The van der Waals surface area contributed by atoms with Crippen molar-refractivity contribution < 1.29 is 0 Å². The van der Waals surface area contributed by atoms with Crippen LogP contribution in [-0.4, -0.2) is 53.2 Å². The van der Waals surface area contributed by atoms with Gasteiger partial charge in [-0.3, -0.25) is 13.9 Å². The number of nitrogens with zero attached hydrogens (tertiary/aromatic N) is 4. The summed E-state index contributed by atoms with van der Waals surface area (Å²) in [4.78, 5) is 33.4. The van der Waals surface area contributed by atoms with Crippen molar-refractivity contribution in [1.29, 1.82) is 0 Å². The number of hydrogen-bond acceptors (Lipinski definition) is 5. The van der Waals surface area contributed by atoms with Gasteiger partial charge >= 0.3 is 5.69 Å². The molecule has 1 aliphatic carbocycles. The normalized spacial score (nSPS) is 19.1. The molecule has 148 valence electrons. The molecule has 0 radical (unpaired) electrons. The Labute approximate surface area is 164 Å². The topological polar surface area (TPSA) is 50.5 Å². The maximum absolute atomic E-state index is 13.5. The molecule has 0 bridgehead atoms. The Morgan fingerprint density at radius 2 is 1.89 bits per heavy atom. The molecule has 0 amide bonds. The first kappa shape index (κ1) is 18.9. The van der Waals surface area contributed by atoms with Crippen LogP contribution in [-0.2, 0) is 19.5 Å². The third-order valence-corrected chi connectivity index (χ3v) is 7.29. The molecule has 3 heterocycles. The molecule has 6 nitrogen and oxygen atoms in total. The van der Waals surface area contributed by atoms with Crippen LogP contribution < -0.4 is 11.2 Å². The predicted molar refractivity (Wildman–Crippen MR) is 111 cm³/mol. The van der Waals surface area contributed by atoms with E-state index in [0.717, 1.165) is 62.0 Å². The average Bonchev–Trinajstić information content (AvgIpc) is 3.00. The van der Waals surface area contributed by atoms with Crippen molar-refractivity contribution in [3.8, 4) is 0 Å². The molecule has 0 saturated heterocycles. The summed E-state index contributed by atoms with van der Waals surface area (Å²) in [5.41, 5.74) is 1.06. The molecule has 27 heavy (non-hydrogen) atoms. The second-order valence-corrected chi connectivity index (χ2v) is 9.46. The van der Waals surface area contributed by atoms with E-state index in [1.807, 2.05) is 18.7 Å². The van der Waals surface area contributed by atoms with Gasteiger partial charge in [-0.25, -0.2) is 4.79 Å². The maximum Gasteiger partial charge on any atom is 0.332 e. The third-order valence-electron chi connectivity index (χ3n) is 6.05. The first-order valence-corrected chi connectivity index (χ1v) is 10.9. The molecule has 2 aromatic rings. The van der Waals surface area contributed by atoms with Crippen LogP contribution in [0.15, 0.2) is 9.59 Å². The Hall–Kier alpha value is -1.44. The summed E-state index contributed by atoms with van der Waals surface area (Å²) in [7, 11) is 6.16. The smallest absolute Gasteiger partial charge is 0.308 e. The van der Waals surface area contributed by atoms with Crippen molar-refractivity contribution in [3.05, 3.63) is 31.3 Å². The zero-order valence-electron chi connectivity index (χ0n) is 16.7. The molecule has 0 aromatic carbocycles. The molecule has 1 aliphatic heterocycles. The summed E-state index contributed by atoms with van der Waals surface area (Å²) in [6.45, 7) is 3.27. The van der Waals surface area contributed by atoms with E-state index in [1.165, 1.54) is 16.9 Å². The standard InChI is InChI=1S/C20H30N4O2S/c1-21(2)11-12-23-19-17(15-9-10-22(3)13-16(15)27-19)18(25)24(20(23)26)14-7-5-4-6-8-14/h14H,4-13H2,1-3H3. The van der Waals surface area contributed by atoms with Gasteiger partial charge in [-0.1, -0.05) is 19.3 Å². The van der Waals surface area contributed by atoms with Gasteiger partial charge in [-0.2, -0.15) is 0 Å². The molecule has 7 heteroatoms. The van der Waals surface area contributed by atoms with E-state index in [4.69, 9.17) is 0 Å². The van der Waals surface area contributed by atoms with Crippen molar-refractivity contribution in [2.75, 3.05) is 34.2 Å². The van der Waals surface area contributed by atoms with Gasteiger partial charge in [0.25, 0.3) is 5.56 Å². The quantitative estimate of drug-likeness (QED) is 0.804. The lowest BCUT2D eigenvalue weighted by atomic mass is 9.95. The van der Waals surface area contributed by atoms with E-state index in [0.29, 0.717) is 6.54 Å². The minimum atomic E-state index is -0.104. The minimum Gasteiger partial charge on any atom is -0.308 e. The Balaban J connectivity index is 1.94. The van der Waals surface area contributed by atoms with Gasteiger partial charge in [0, 0.05) is 37.1 Å². The van der Waals surface area contributed by atoms with Crippen molar-refractivity contribution in [3.63, 3.8) is 0 Å². The monoisotopic (exact) mass is 390 g/mol. The number of hydrogen-bond donors (Lipinski definition) is 0. The zero-order chi connectivity index (χ0) is 19.1. The molecule has 4 rings (SSSR count). The van der Waals surface area contributed by atoms with Gasteiger partial charge in [0.1, 0.15) is 4.83 Å². The van der Waals surface area contributed by atoms with Crippen molar-refractivity contribution in [1.82, 2.24) is 18.9 Å². The number of aromatic nitrogens is 2. The minimum absolute atomic E-state index is 0.0370. The fourth-order valence-corrected chi connectivity index (χ4v) is 5.95. The summed E-state index contributed by atoms with van der Waals surface area (Å²) in [6.07, 6.45) is 6.23. The highest BCUT2D eigenvalue weighted by molar-refractivity contribution is 7.18. The summed E-state index contributed by atoms with van der Waals surface area (Å²) >= 11 is 1.65. The van der Waals surface area contributed by atoms with Crippen LogP contribution >= 0.6 is 11.3 Å². The molecule has 1 saturated carbocycles. The number of rotatable bonds is 4. The lowest BCUT2D eigenvalue weighted by molar-refractivity contribution is 0.317. The Morgan fingerprint density at radius 3 is 2.59 bits per heavy atom. The lowest BCUT2D eigenvalue weighted by Crippen LogP contribution is -2.43. The van der Waals surface area contributed by atoms with Crippen LogP contribution in [0.1, 0.15) is 48.6 Å². The number of likely N-dealkylation sites (N-methyl/N-ethyl adjacent to an activating group) is 2. The summed E-state index contributed by atoms with van der Waals surface area (Å²) in [5.74, 6) is 0. The summed E-state index contributed by atoms with van der Waals surface area (Å²) < 4.78 is 3.50. The van der Waals surface area contributed by atoms with Crippen LogP contribution in [0.25, 0.3) is 10.2 Å². The Kier molecular flexibility index (Phi) is 5.27. The zero-order valence-corrected chi connectivity index (χ0v) is 17.5. The van der Waals surface area contributed by atoms with Crippen LogP contribution in [0.4, 0.5) is 0 Å². The fraction of sp³-hybridized carbons (Fsp3) is 0.700. The van der Waals surface area contributed by atoms with E-state index in [9.17, 15) is 9.59 Å². The SMILES string of the molecule is CN(C)CCn1c(=O)n(C2CCCCC2)c(=O)c2c3c(sc21)CN(C)CC3. The van der Waals surface area contributed by atoms with E-state index in [2.05, 4.69) is 16.8 Å². The highest BCUT2D eigenvalue weighted by Gasteiger charge is 2.28. The molecular formula is C20H30N4O2S. The average molecular weight is 391 g/mol. The van der Waals surface area contributed by atoms with E-state index >= 15 is 0 Å². The van der Waals surface area contributed by atoms with Gasteiger partial charge in [0.15, 0.2) is 0 Å². The molecule has 0 N–H and O–H groups in total. The maximum atomic E-state index is 13.5. The first-order valence-electron chi connectivity index (χ1n) is 10.1. The van der Waals surface area contributed by atoms with Gasteiger partial charge in [-0.05, 0) is 46.0 Å². The van der Waals surface area contributed by atoms with E-state index in [1.54, 1.807) is 15.9 Å². The molecule has 2 aromatic heterocycles. The number of thiophene rings is 1. The molecule has 0 atom stereocenters. The van der Waals surface area contributed by atoms with Crippen LogP contribution in [0.5, 0.6) is 0 Å². The lowest BCUT2D eigenvalue weighted by Gasteiger charge is -2.25. The van der Waals surface area contributed by atoms with Gasteiger partial charge < -0.3 is 9.80 Å². The van der Waals surface area contributed by atoms with Gasteiger partial charge in [0.05, 0.1) is 5.39 Å². The number of fused-ring (bicyclic) bond motifs is 3. The van der Waals surface area contributed by atoms with E-state index in [-0.39, 0.29) is 17.3 Å². The third kappa shape index (κ3) is 3.41. The van der Waals surface area contributed by atoms with Crippen molar-refractivity contribution in [2.45, 2.75) is 57.7 Å². The van der Waals surface area contributed by atoms with Gasteiger partial charge in [-0.15, -0.1) is 11.3 Å². The largest absolute Gasteiger partial charge is 0.332 e. The van der Waals surface area contributed by atoms with Crippen LogP contribution in [0.2, 0.25) is 0 Å². The molecule has 0 unspecified atom stereocenters. The fourth-order valence-electron chi connectivity index (χ4n) is 4.51. The van der Waals surface area contributed by atoms with Gasteiger partial charge in [0.2, 0.25) is 0 Å². The Morgan fingerprint density at radius 1 is 1.15 bits per heavy atom. The molecule has 0 spiro atoms. The second kappa shape index (κ2) is 7.53. The molecule has 1 fully saturated rings. The molecular weight excluding hydrogens is 360 g/mol. The Bertz CT molecular complexity index is 950. The highest BCUT2D eigenvalue weighted by atomic mass is 32.1. The van der Waals surface area contributed by atoms with Crippen LogP contribution in [0.3, 0.4) is 0 Å². The van der Waals surface area contributed by atoms with Crippen LogP contribution in [0, 0.1) is 0 Å². The van der Waals surface area contributed by atoms with Crippen molar-refractivity contribution >= 4 is 21.6 Å². The second-order valence-electron chi connectivity index (χ2n) is 8.38. The summed E-state index contributed by atoms with van der Waals surface area (Å²) in [6, 6.07) is 0.0653. The highest BCUT2D eigenvalue weighted by Crippen LogP contribution is 2.33. The summed E-state index contributed by atoms with van der Waals surface area (Å²) in [5, 5.41) is 0.826.